The number of hydrogen-bond acceptors (Lipinski definition) is 4. The van der Waals surface area contributed by atoms with E-state index < -0.39 is 0 Å². The van der Waals surface area contributed by atoms with Gasteiger partial charge in [-0.3, -0.25) is 0 Å². The molecule has 1 unspecified atom stereocenters. The molecule has 2 N–H and O–H groups in total. The Bertz CT molecular complexity index is 162. The van der Waals surface area contributed by atoms with E-state index in [1.807, 2.05) is 0 Å². The number of ether oxygens (including phenoxy) is 1. The molecule has 1 saturated heterocycles. The SMILES string of the molecule is COC(CN)CCN(C)CCN1CCCC1. The minimum atomic E-state index is 0.217. The van der Waals surface area contributed by atoms with E-state index in [0.717, 1.165) is 19.5 Å². The van der Waals surface area contributed by atoms with Crippen LogP contribution in [0.1, 0.15) is 19.3 Å². The summed E-state index contributed by atoms with van der Waals surface area (Å²) in [5, 5.41) is 0. The Morgan fingerprint density at radius 2 is 2.00 bits per heavy atom. The van der Waals surface area contributed by atoms with E-state index in [1.54, 1.807) is 7.11 Å². The van der Waals surface area contributed by atoms with Crippen molar-refractivity contribution in [2.75, 3.05) is 53.4 Å². The zero-order valence-electron chi connectivity index (χ0n) is 10.8. The van der Waals surface area contributed by atoms with Gasteiger partial charge in [-0.05, 0) is 39.4 Å². The third kappa shape index (κ3) is 5.25. The molecule has 1 atom stereocenters. The van der Waals surface area contributed by atoms with Crippen LogP contribution in [0.15, 0.2) is 0 Å². The second-order valence-corrected chi connectivity index (χ2v) is 4.73. The summed E-state index contributed by atoms with van der Waals surface area (Å²) < 4.78 is 5.27. The summed E-state index contributed by atoms with van der Waals surface area (Å²) in [4.78, 5) is 4.92. The first-order chi connectivity index (χ1) is 7.76. The number of likely N-dealkylation sites (tertiary alicyclic amines) is 1. The third-order valence-electron chi connectivity index (χ3n) is 3.43. The monoisotopic (exact) mass is 229 g/mol. The highest BCUT2D eigenvalue weighted by molar-refractivity contribution is 4.68. The summed E-state index contributed by atoms with van der Waals surface area (Å²) in [7, 11) is 3.92. The van der Waals surface area contributed by atoms with Crippen molar-refractivity contribution in [2.45, 2.75) is 25.4 Å². The van der Waals surface area contributed by atoms with Crippen LogP contribution >= 0.6 is 0 Å². The van der Waals surface area contributed by atoms with Gasteiger partial charge in [0, 0.05) is 33.3 Å². The topological polar surface area (TPSA) is 41.7 Å². The van der Waals surface area contributed by atoms with Gasteiger partial charge < -0.3 is 20.3 Å². The molecular formula is C12H27N3O. The fourth-order valence-corrected chi connectivity index (χ4v) is 2.13. The first kappa shape index (κ1) is 13.9. The van der Waals surface area contributed by atoms with Crippen molar-refractivity contribution in [3.8, 4) is 0 Å². The quantitative estimate of drug-likeness (QED) is 0.653. The van der Waals surface area contributed by atoms with Crippen LogP contribution in [0.25, 0.3) is 0 Å². The normalized spacial score (nSPS) is 19.5. The Balaban J connectivity index is 2.03. The van der Waals surface area contributed by atoms with Gasteiger partial charge in [0.25, 0.3) is 0 Å². The average molecular weight is 229 g/mol. The molecule has 0 aromatic heterocycles. The minimum absolute atomic E-state index is 0.217. The van der Waals surface area contributed by atoms with Crippen LogP contribution in [-0.4, -0.2) is 69.3 Å². The summed E-state index contributed by atoms with van der Waals surface area (Å²) in [6, 6.07) is 0. The Morgan fingerprint density at radius 1 is 1.31 bits per heavy atom. The molecule has 0 radical (unpaired) electrons. The molecule has 0 spiro atoms. The van der Waals surface area contributed by atoms with E-state index in [4.69, 9.17) is 10.5 Å². The van der Waals surface area contributed by atoms with Crippen molar-refractivity contribution in [2.24, 2.45) is 5.73 Å². The zero-order valence-corrected chi connectivity index (χ0v) is 10.8. The number of nitrogens with zero attached hydrogens (tertiary/aromatic N) is 2. The summed E-state index contributed by atoms with van der Waals surface area (Å²) >= 11 is 0. The van der Waals surface area contributed by atoms with Crippen LogP contribution < -0.4 is 5.73 Å². The molecule has 0 aromatic carbocycles. The lowest BCUT2D eigenvalue weighted by atomic mass is 10.2. The van der Waals surface area contributed by atoms with Crippen LogP contribution in [0.3, 0.4) is 0 Å². The van der Waals surface area contributed by atoms with Gasteiger partial charge in [0.2, 0.25) is 0 Å². The molecule has 0 bridgehead atoms. The van der Waals surface area contributed by atoms with Crippen molar-refractivity contribution < 1.29 is 4.74 Å². The van der Waals surface area contributed by atoms with Crippen molar-refractivity contribution in [1.82, 2.24) is 9.80 Å². The van der Waals surface area contributed by atoms with Gasteiger partial charge in [-0.1, -0.05) is 0 Å². The van der Waals surface area contributed by atoms with E-state index in [9.17, 15) is 0 Å². The molecule has 1 heterocycles. The Labute approximate surface area is 99.7 Å². The molecule has 4 nitrogen and oxygen atoms in total. The molecule has 1 fully saturated rings. The van der Waals surface area contributed by atoms with Crippen molar-refractivity contribution in [1.29, 1.82) is 0 Å². The van der Waals surface area contributed by atoms with Gasteiger partial charge >= 0.3 is 0 Å². The second-order valence-electron chi connectivity index (χ2n) is 4.73. The van der Waals surface area contributed by atoms with Crippen LogP contribution in [0.4, 0.5) is 0 Å². The predicted molar refractivity (Wildman–Crippen MR) is 67.6 cm³/mol. The smallest absolute Gasteiger partial charge is 0.0705 e. The van der Waals surface area contributed by atoms with E-state index >= 15 is 0 Å². The zero-order chi connectivity index (χ0) is 11.8. The van der Waals surface area contributed by atoms with E-state index in [0.29, 0.717) is 6.54 Å². The van der Waals surface area contributed by atoms with E-state index in [-0.39, 0.29) is 6.10 Å². The number of methoxy groups -OCH3 is 1. The highest BCUT2D eigenvalue weighted by Crippen LogP contribution is 2.06. The first-order valence-corrected chi connectivity index (χ1v) is 6.40. The van der Waals surface area contributed by atoms with Crippen LogP contribution in [0, 0.1) is 0 Å². The summed E-state index contributed by atoms with van der Waals surface area (Å²) in [5.74, 6) is 0. The average Bonchev–Trinajstić information content (AvgIpc) is 2.80. The number of rotatable bonds is 8. The molecule has 1 aliphatic heterocycles. The number of likely N-dealkylation sites (N-methyl/N-ethyl adjacent to an activating group) is 1. The fraction of sp³-hybridized carbons (Fsp3) is 1.00. The maximum absolute atomic E-state index is 5.59. The van der Waals surface area contributed by atoms with Gasteiger partial charge in [-0.25, -0.2) is 0 Å². The molecule has 1 rings (SSSR count). The highest BCUT2D eigenvalue weighted by Gasteiger charge is 2.12. The number of nitrogens with two attached hydrogens (primary N) is 1. The van der Waals surface area contributed by atoms with Crippen molar-refractivity contribution in [3.05, 3.63) is 0 Å². The molecule has 0 saturated carbocycles. The molecule has 96 valence electrons. The lowest BCUT2D eigenvalue weighted by Crippen LogP contribution is -2.34. The third-order valence-corrected chi connectivity index (χ3v) is 3.43. The van der Waals surface area contributed by atoms with Crippen molar-refractivity contribution >= 4 is 0 Å². The van der Waals surface area contributed by atoms with Crippen LogP contribution in [-0.2, 0) is 4.74 Å². The predicted octanol–water partition coefficient (Wildman–Crippen LogP) is 0.378. The Kier molecular flexibility index (Phi) is 6.96. The minimum Gasteiger partial charge on any atom is -0.380 e. The molecule has 4 heteroatoms. The summed E-state index contributed by atoms with van der Waals surface area (Å²) in [6.07, 6.45) is 4.00. The lowest BCUT2D eigenvalue weighted by Gasteiger charge is -2.22. The van der Waals surface area contributed by atoms with Crippen LogP contribution in [0.2, 0.25) is 0 Å². The molecule has 0 aromatic rings. The standard InChI is InChI=1S/C12H27N3O/c1-14(8-5-12(11-13)16-2)9-10-15-6-3-4-7-15/h12H,3-11,13H2,1-2H3. The Morgan fingerprint density at radius 3 is 2.56 bits per heavy atom. The molecule has 16 heavy (non-hydrogen) atoms. The highest BCUT2D eigenvalue weighted by atomic mass is 16.5. The fourth-order valence-electron chi connectivity index (χ4n) is 2.13. The lowest BCUT2D eigenvalue weighted by molar-refractivity contribution is 0.0915. The van der Waals surface area contributed by atoms with Gasteiger partial charge in [0.15, 0.2) is 0 Å². The molecular weight excluding hydrogens is 202 g/mol. The maximum Gasteiger partial charge on any atom is 0.0705 e. The van der Waals surface area contributed by atoms with Crippen molar-refractivity contribution in [3.63, 3.8) is 0 Å². The summed E-state index contributed by atoms with van der Waals surface area (Å²) in [5.41, 5.74) is 5.59. The summed E-state index contributed by atoms with van der Waals surface area (Å²) in [6.45, 7) is 6.63. The van der Waals surface area contributed by atoms with Gasteiger partial charge in [-0.15, -0.1) is 0 Å². The molecule has 0 aliphatic carbocycles. The largest absolute Gasteiger partial charge is 0.380 e. The van der Waals surface area contributed by atoms with Gasteiger partial charge in [-0.2, -0.15) is 0 Å². The van der Waals surface area contributed by atoms with E-state index in [2.05, 4.69) is 16.8 Å². The number of hydrogen-bond donors (Lipinski definition) is 1. The molecule has 0 amide bonds. The maximum atomic E-state index is 5.59. The first-order valence-electron chi connectivity index (χ1n) is 6.40. The van der Waals surface area contributed by atoms with Gasteiger partial charge in [0.05, 0.1) is 6.10 Å². The van der Waals surface area contributed by atoms with Crippen LogP contribution in [0.5, 0.6) is 0 Å². The van der Waals surface area contributed by atoms with E-state index in [1.165, 1.54) is 32.5 Å². The second kappa shape index (κ2) is 8.01. The Hall–Kier alpha value is -0.160. The van der Waals surface area contributed by atoms with Gasteiger partial charge in [0.1, 0.15) is 0 Å². The molecule has 1 aliphatic rings.